The molecule has 3 aromatic rings. The first-order valence-corrected chi connectivity index (χ1v) is 5.72. The lowest BCUT2D eigenvalue weighted by Gasteiger charge is -2.06. The van der Waals surface area contributed by atoms with E-state index in [4.69, 9.17) is 0 Å². The first kappa shape index (κ1) is 13.7. The zero-order valence-electron chi connectivity index (χ0n) is 10.1. The number of aromatic nitrogens is 2. The van der Waals surface area contributed by atoms with Crippen LogP contribution in [0.3, 0.4) is 0 Å². The van der Waals surface area contributed by atoms with E-state index >= 15 is 0 Å². The van der Waals surface area contributed by atoms with E-state index in [9.17, 15) is 26.3 Å². The molecular weight excluding hydrogens is 298 g/mol. The van der Waals surface area contributed by atoms with E-state index < -0.39 is 23.6 Å². The molecule has 21 heavy (non-hydrogen) atoms. The van der Waals surface area contributed by atoms with E-state index in [1.807, 2.05) is 0 Å². The van der Waals surface area contributed by atoms with E-state index in [-0.39, 0.29) is 16.3 Å². The molecule has 110 valence electrons. The highest BCUT2D eigenvalue weighted by Crippen LogP contribution is 2.35. The van der Waals surface area contributed by atoms with Gasteiger partial charge in [-0.1, -0.05) is 0 Å². The average Bonchev–Trinajstić information content (AvgIpc) is 2.73. The van der Waals surface area contributed by atoms with Crippen molar-refractivity contribution < 1.29 is 26.3 Å². The van der Waals surface area contributed by atoms with Gasteiger partial charge in [0.15, 0.2) is 0 Å². The van der Waals surface area contributed by atoms with Crippen LogP contribution in [-0.4, -0.2) is 9.97 Å². The number of benzene rings is 1. The molecule has 0 unspecified atom stereocenters. The van der Waals surface area contributed by atoms with Crippen LogP contribution in [0.2, 0.25) is 0 Å². The van der Waals surface area contributed by atoms with Gasteiger partial charge in [0.2, 0.25) is 0 Å². The number of hydrogen-bond donors (Lipinski definition) is 1. The molecule has 0 fully saturated rings. The Bertz CT molecular complexity index is 760. The summed E-state index contributed by atoms with van der Waals surface area (Å²) < 4.78 is 76.0. The Kier molecular flexibility index (Phi) is 2.69. The second kappa shape index (κ2) is 4.12. The van der Waals surface area contributed by atoms with Crippen molar-refractivity contribution in [3.63, 3.8) is 0 Å². The molecule has 2 heterocycles. The van der Waals surface area contributed by atoms with Gasteiger partial charge in [-0.05, 0) is 24.3 Å². The molecule has 0 aliphatic heterocycles. The summed E-state index contributed by atoms with van der Waals surface area (Å²) in [5.74, 6) is 0. The Hall–Kier alpha value is -2.25. The first-order valence-electron chi connectivity index (χ1n) is 5.72. The van der Waals surface area contributed by atoms with Gasteiger partial charge in [-0.2, -0.15) is 26.3 Å². The normalized spacial score (nSPS) is 13.2. The lowest BCUT2D eigenvalue weighted by molar-refractivity contribution is -0.141. The average molecular weight is 304 g/mol. The molecule has 1 N–H and O–H groups in total. The number of hydrogen-bond acceptors (Lipinski definition) is 1. The summed E-state index contributed by atoms with van der Waals surface area (Å²) in [6.45, 7) is 0. The highest BCUT2D eigenvalue weighted by atomic mass is 19.4. The molecule has 2 nitrogen and oxygen atoms in total. The Labute approximate surface area is 113 Å². The summed E-state index contributed by atoms with van der Waals surface area (Å²) in [5.41, 5.74) is -1.49. The van der Waals surface area contributed by atoms with Gasteiger partial charge in [0, 0.05) is 16.3 Å². The molecule has 0 atom stereocenters. The molecule has 3 rings (SSSR count). The molecule has 0 bridgehead atoms. The van der Waals surface area contributed by atoms with E-state index in [0.717, 1.165) is 24.4 Å². The molecule has 0 aliphatic carbocycles. The third-order valence-electron chi connectivity index (χ3n) is 3.10. The van der Waals surface area contributed by atoms with Gasteiger partial charge in [-0.15, -0.1) is 0 Å². The van der Waals surface area contributed by atoms with Gasteiger partial charge in [0.05, 0.1) is 17.3 Å². The van der Waals surface area contributed by atoms with Crippen molar-refractivity contribution in [2.45, 2.75) is 12.4 Å². The lowest BCUT2D eigenvalue weighted by atomic mass is 10.1. The quantitative estimate of drug-likeness (QED) is 0.596. The fraction of sp³-hybridized carbons (Fsp3) is 0.154. The summed E-state index contributed by atoms with van der Waals surface area (Å²) in [6, 6.07) is 3.63. The van der Waals surface area contributed by atoms with Crippen LogP contribution in [0.4, 0.5) is 26.3 Å². The number of nitrogens with zero attached hydrogens (tertiary/aromatic N) is 1. The third-order valence-corrected chi connectivity index (χ3v) is 3.10. The zero-order valence-corrected chi connectivity index (χ0v) is 10.1. The molecule has 0 radical (unpaired) electrons. The molecule has 1 aromatic carbocycles. The molecule has 8 heteroatoms. The van der Waals surface area contributed by atoms with Crippen LogP contribution in [0, 0.1) is 0 Å². The van der Waals surface area contributed by atoms with E-state index in [2.05, 4.69) is 9.97 Å². The van der Waals surface area contributed by atoms with Crippen LogP contribution in [0.1, 0.15) is 11.3 Å². The van der Waals surface area contributed by atoms with Crippen LogP contribution in [0.5, 0.6) is 0 Å². The molecule has 2 aromatic heterocycles. The standard InChI is InChI=1S/C13H6F6N2/c14-12(15,16)6-1-2-9-7(3-6)8-4-11(13(17,18)19)20-5-10(8)21-9/h1-5,21H. The van der Waals surface area contributed by atoms with Crippen LogP contribution in [0.15, 0.2) is 30.5 Å². The van der Waals surface area contributed by atoms with Crippen molar-refractivity contribution in [2.75, 3.05) is 0 Å². The first-order chi connectivity index (χ1) is 9.66. The summed E-state index contributed by atoms with van der Waals surface area (Å²) >= 11 is 0. The minimum absolute atomic E-state index is 0.0541. The predicted molar refractivity (Wildman–Crippen MR) is 63.6 cm³/mol. The Morgan fingerprint density at radius 1 is 0.810 bits per heavy atom. The van der Waals surface area contributed by atoms with Crippen molar-refractivity contribution in [3.8, 4) is 0 Å². The third kappa shape index (κ3) is 2.30. The van der Waals surface area contributed by atoms with Crippen molar-refractivity contribution in [3.05, 3.63) is 41.7 Å². The highest BCUT2D eigenvalue weighted by molar-refractivity contribution is 6.07. The van der Waals surface area contributed by atoms with E-state index in [1.54, 1.807) is 0 Å². The summed E-state index contributed by atoms with van der Waals surface area (Å²) in [6.07, 6.45) is -8.25. The molecule has 0 spiro atoms. The highest BCUT2D eigenvalue weighted by Gasteiger charge is 2.33. The fourth-order valence-electron chi connectivity index (χ4n) is 2.13. The molecule has 0 saturated heterocycles. The van der Waals surface area contributed by atoms with Crippen LogP contribution >= 0.6 is 0 Å². The molecular formula is C13H6F6N2. The van der Waals surface area contributed by atoms with Crippen molar-refractivity contribution in [1.29, 1.82) is 0 Å². The minimum atomic E-state index is -4.65. The Balaban J connectivity index is 2.31. The van der Waals surface area contributed by atoms with Gasteiger partial charge in [-0.3, -0.25) is 0 Å². The molecule has 0 saturated carbocycles. The summed E-state index contributed by atoms with van der Waals surface area (Å²) in [5, 5.41) is 0.131. The number of pyridine rings is 1. The topological polar surface area (TPSA) is 28.7 Å². The SMILES string of the molecule is FC(F)(F)c1ccc2[nH]c3cnc(C(F)(F)F)cc3c2c1. The van der Waals surface area contributed by atoms with Crippen LogP contribution < -0.4 is 0 Å². The van der Waals surface area contributed by atoms with Gasteiger partial charge >= 0.3 is 12.4 Å². The fourth-order valence-corrected chi connectivity index (χ4v) is 2.13. The van der Waals surface area contributed by atoms with Crippen molar-refractivity contribution >= 4 is 21.8 Å². The Morgan fingerprint density at radius 3 is 2.10 bits per heavy atom. The van der Waals surface area contributed by atoms with Crippen molar-refractivity contribution in [1.82, 2.24) is 9.97 Å². The van der Waals surface area contributed by atoms with Gasteiger partial charge in [0.1, 0.15) is 5.69 Å². The van der Waals surface area contributed by atoms with E-state index in [0.29, 0.717) is 5.52 Å². The second-order valence-corrected chi connectivity index (χ2v) is 4.50. The van der Waals surface area contributed by atoms with Crippen LogP contribution in [-0.2, 0) is 12.4 Å². The minimum Gasteiger partial charge on any atom is -0.353 e. The van der Waals surface area contributed by atoms with Crippen molar-refractivity contribution in [2.24, 2.45) is 0 Å². The number of halogens is 6. The summed E-state index contributed by atoms with van der Waals surface area (Å²) in [4.78, 5) is 6.00. The maximum atomic E-state index is 12.7. The number of fused-ring (bicyclic) bond motifs is 3. The second-order valence-electron chi connectivity index (χ2n) is 4.50. The lowest BCUT2D eigenvalue weighted by Crippen LogP contribution is -2.07. The maximum Gasteiger partial charge on any atom is 0.433 e. The van der Waals surface area contributed by atoms with Gasteiger partial charge < -0.3 is 4.98 Å². The number of nitrogens with one attached hydrogen (secondary N) is 1. The zero-order chi connectivity index (χ0) is 15.4. The monoisotopic (exact) mass is 304 g/mol. The molecule has 0 amide bonds. The summed E-state index contributed by atoms with van der Waals surface area (Å²) in [7, 11) is 0. The van der Waals surface area contributed by atoms with Gasteiger partial charge in [-0.25, -0.2) is 4.98 Å². The Morgan fingerprint density at radius 2 is 1.48 bits per heavy atom. The largest absolute Gasteiger partial charge is 0.433 e. The predicted octanol–water partition coefficient (Wildman–Crippen LogP) is 4.75. The number of H-pyrrole nitrogens is 1. The maximum absolute atomic E-state index is 12.7. The van der Waals surface area contributed by atoms with E-state index in [1.165, 1.54) is 6.07 Å². The molecule has 0 aliphatic rings. The number of aromatic amines is 1. The van der Waals surface area contributed by atoms with Crippen LogP contribution in [0.25, 0.3) is 21.8 Å². The number of rotatable bonds is 0. The van der Waals surface area contributed by atoms with Gasteiger partial charge in [0.25, 0.3) is 0 Å². The number of alkyl halides is 6. The smallest absolute Gasteiger partial charge is 0.353 e.